The molecule has 4 heteroatoms. The van der Waals surface area contributed by atoms with Crippen molar-refractivity contribution in [1.29, 1.82) is 0 Å². The molecular weight excluding hydrogens is 156 g/mol. The van der Waals surface area contributed by atoms with Gasteiger partial charge in [-0.1, -0.05) is 0 Å². The molecule has 0 spiro atoms. The van der Waals surface area contributed by atoms with E-state index in [4.69, 9.17) is 10.5 Å². The van der Waals surface area contributed by atoms with E-state index >= 15 is 0 Å². The van der Waals surface area contributed by atoms with Crippen molar-refractivity contribution in [3.05, 3.63) is 0 Å². The molecule has 68 valence electrons. The fraction of sp³-hybridized carbons (Fsp3) is 0.875. The minimum absolute atomic E-state index is 0.0834. The molecule has 2 unspecified atom stereocenters. The summed E-state index contributed by atoms with van der Waals surface area (Å²) in [6.45, 7) is 2.96. The van der Waals surface area contributed by atoms with Gasteiger partial charge in [-0.05, 0) is 19.8 Å². The maximum absolute atomic E-state index is 11.0. The van der Waals surface area contributed by atoms with Crippen molar-refractivity contribution in [3.8, 4) is 0 Å². The highest BCUT2D eigenvalue weighted by Crippen LogP contribution is 2.31. The zero-order chi connectivity index (χ0) is 8.72. The van der Waals surface area contributed by atoms with Crippen LogP contribution in [0.2, 0.25) is 0 Å². The molecule has 2 rings (SSSR count). The van der Waals surface area contributed by atoms with E-state index in [1.165, 1.54) is 0 Å². The monoisotopic (exact) mass is 170 g/mol. The molecule has 2 saturated heterocycles. The highest BCUT2D eigenvalue weighted by Gasteiger charge is 2.46. The quantitative estimate of drug-likeness (QED) is 0.578. The number of hydrogen-bond donors (Lipinski definition) is 1. The van der Waals surface area contributed by atoms with Gasteiger partial charge in [0.1, 0.15) is 6.23 Å². The lowest BCUT2D eigenvalue weighted by Crippen LogP contribution is -2.42. The zero-order valence-electron chi connectivity index (χ0n) is 7.19. The summed E-state index contributed by atoms with van der Waals surface area (Å²) in [5.41, 5.74) is 5.26. The number of nitrogens with zero attached hydrogens (tertiary/aromatic N) is 1. The number of rotatable bonds is 2. The molecule has 0 aromatic rings. The predicted octanol–water partition coefficient (Wildman–Crippen LogP) is -0.319. The van der Waals surface area contributed by atoms with Gasteiger partial charge >= 0.3 is 0 Å². The second-order valence-electron chi connectivity index (χ2n) is 3.53. The van der Waals surface area contributed by atoms with Crippen LogP contribution in [-0.4, -0.2) is 35.7 Å². The van der Waals surface area contributed by atoms with Gasteiger partial charge in [0.2, 0.25) is 5.91 Å². The van der Waals surface area contributed by atoms with Gasteiger partial charge in [-0.15, -0.1) is 0 Å². The summed E-state index contributed by atoms with van der Waals surface area (Å²) in [4.78, 5) is 13.1. The van der Waals surface area contributed by atoms with Gasteiger partial charge in [0, 0.05) is 6.54 Å². The standard InChI is InChI=1S/C8H14N2O2/c1-5-8(12-5)10-4-2-3-6(10)7(9)11/h5-6,8H,2-4H2,1H3,(H2,9,11)/t5?,6-,8?/m0/s1. The van der Waals surface area contributed by atoms with Crippen LogP contribution in [0.3, 0.4) is 0 Å². The van der Waals surface area contributed by atoms with E-state index in [0.29, 0.717) is 0 Å². The molecule has 0 bridgehead atoms. The number of amides is 1. The third-order valence-corrected chi connectivity index (χ3v) is 2.63. The minimum atomic E-state index is -0.213. The van der Waals surface area contributed by atoms with Crippen LogP contribution in [0.1, 0.15) is 19.8 Å². The number of carbonyl (C=O) groups is 1. The van der Waals surface area contributed by atoms with E-state index in [9.17, 15) is 4.79 Å². The Labute approximate surface area is 71.7 Å². The number of primary amides is 1. The molecule has 2 aliphatic rings. The highest BCUT2D eigenvalue weighted by molar-refractivity contribution is 5.80. The van der Waals surface area contributed by atoms with E-state index in [-0.39, 0.29) is 24.3 Å². The summed E-state index contributed by atoms with van der Waals surface area (Å²) in [7, 11) is 0. The largest absolute Gasteiger partial charge is 0.368 e. The van der Waals surface area contributed by atoms with Gasteiger partial charge in [-0.3, -0.25) is 9.69 Å². The van der Waals surface area contributed by atoms with Gasteiger partial charge in [0.25, 0.3) is 0 Å². The van der Waals surface area contributed by atoms with Crippen LogP contribution in [0.15, 0.2) is 0 Å². The third-order valence-electron chi connectivity index (χ3n) is 2.63. The smallest absolute Gasteiger partial charge is 0.234 e. The highest BCUT2D eigenvalue weighted by atomic mass is 16.6. The molecule has 2 fully saturated rings. The molecule has 0 aromatic heterocycles. The lowest BCUT2D eigenvalue weighted by molar-refractivity contribution is -0.122. The van der Waals surface area contributed by atoms with E-state index in [1.807, 2.05) is 6.92 Å². The summed E-state index contributed by atoms with van der Waals surface area (Å²) < 4.78 is 5.30. The van der Waals surface area contributed by atoms with Crippen molar-refractivity contribution in [2.75, 3.05) is 6.54 Å². The van der Waals surface area contributed by atoms with Crippen LogP contribution in [-0.2, 0) is 9.53 Å². The van der Waals surface area contributed by atoms with Crippen LogP contribution in [0.25, 0.3) is 0 Å². The Morgan fingerprint density at radius 3 is 2.83 bits per heavy atom. The van der Waals surface area contributed by atoms with Crippen LogP contribution < -0.4 is 5.73 Å². The Balaban J connectivity index is 2.00. The van der Waals surface area contributed by atoms with Crippen molar-refractivity contribution in [2.24, 2.45) is 5.73 Å². The van der Waals surface area contributed by atoms with Gasteiger partial charge in [-0.2, -0.15) is 0 Å². The van der Waals surface area contributed by atoms with Gasteiger partial charge in [-0.25, -0.2) is 0 Å². The second-order valence-corrected chi connectivity index (χ2v) is 3.53. The minimum Gasteiger partial charge on any atom is -0.368 e. The van der Waals surface area contributed by atoms with E-state index in [1.54, 1.807) is 0 Å². The SMILES string of the molecule is CC1OC1N1CCC[C@H]1C(N)=O. The van der Waals surface area contributed by atoms with Gasteiger partial charge in [0.15, 0.2) is 0 Å². The Morgan fingerprint density at radius 1 is 1.67 bits per heavy atom. The molecule has 0 aliphatic carbocycles. The summed E-state index contributed by atoms with van der Waals surface area (Å²) in [6.07, 6.45) is 2.39. The number of nitrogens with two attached hydrogens (primary N) is 1. The number of epoxide rings is 1. The molecule has 3 atom stereocenters. The van der Waals surface area contributed by atoms with Crippen molar-refractivity contribution in [1.82, 2.24) is 4.90 Å². The second kappa shape index (κ2) is 2.71. The number of hydrogen-bond acceptors (Lipinski definition) is 3. The first kappa shape index (κ1) is 8.01. The topological polar surface area (TPSA) is 58.9 Å². The number of ether oxygens (including phenoxy) is 1. The number of carbonyl (C=O) groups excluding carboxylic acids is 1. The Hall–Kier alpha value is -0.610. The maximum atomic E-state index is 11.0. The molecule has 0 aromatic carbocycles. The Bertz CT molecular complexity index is 207. The van der Waals surface area contributed by atoms with Crippen LogP contribution >= 0.6 is 0 Å². The lowest BCUT2D eigenvalue weighted by atomic mass is 10.2. The summed E-state index contributed by atoms with van der Waals surface area (Å²) in [5, 5.41) is 0. The molecule has 0 radical (unpaired) electrons. The van der Waals surface area contributed by atoms with Crippen LogP contribution in [0, 0.1) is 0 Å². The molecule has 2 N–H and O–H groups in total. The fourth-order valence-corrected chi connectivity index (χ4v) is 1.92. The molecule has 2 heterocycles. The Kier molecular flexibility index (Phi) is 1.81. The first-order valence-corrected chi connectivity index (χ1v) is 4.40. The Morgan fingerprint density at radius 2 is 2.33 bits per heavy atom. The predicted molar refractivity (Wildman–Crippen MR) is 43.3 cm³/mol. The number of likely N-dealkylation sites (tertiary alicyclic amines) is 1. The van der Waals surface area contributed by atoms with Gasteiger partial charge < -0.3 is 10.5 Å². The van der Waals surface area contributed by atoms with E-state index in [0.717, 1.165) is 19.4 Å². The molecule has 12 heavy (non-hydrogen) atoms. The van der Waals surface area contributed by atoms with Crippen LogP contribution in [0.4, 0.5) is 0 Å². The van der Waals surface area contributed by atoms with Crippen LogP contribution in [0.5, 0.6) is 0 Å². The van der Waals surface area contributed by atoms with Crippen molar-refractivity contribution < 1.29 is 9.53 Å². The van der Waals surface area contributed by atoms with Crippen molar-refractivity contribution in [2.45, 2.75) is 38.1 Å². The fourth-order valence-electron chi connectivity index (χ4n) is 1.92. The maximum Gasteiger partial charge on any atom is 0.234 e. The first-order chi connectivity index (χ1) is 5.70. The average molecular weight is 170 g/mol. The summed E-state index contributed by atoms with van der Waals surface area (Å²) in [5.74, 6) is -0.213. The first-order valence-electron chi connectivity index (χ1n) is 4.40. The molecule has 4 nitrogen and oxygen atoms in total. The molecule has 2 aliphatic heterocycles. The summed E-state index contributed by atoms with van der Waals surface area (Å²) >= 11 is 0. The van der Waals surface area contributed by atoms with Crippen molar-refractivity contribution >= 4 is 5.91 Å². The normalized spacial score (nSPS) is 41.6. The average Bonchev–Trinajstić information content (AvgIpc) is 2.58. The van der Waals surface area contributed by atoms with Gasteiger partial charge in [0.05, 0.1) is 12.1 Å². The van der Waals surface area contributed by atoms with Crippen molar-refractivity contribution in [3.63, 3.8) is 0 Å². The molecule has 1 amide bonds. The van der Waals surface area contributed by atoms with E-state index < -0.39 is 0 Å². The zero-order valence-corrected chi connectivity index (χ0v) is 7.19. The molecule has 0 saturated carbocycles. The lowest BCUT2D eigenvalue weighted by Gasteiger charge is -2.18. The third kappa shape index (κ3) is 1.21. The summed E-state index contributed by atoms with van der Waals surface area (Å²) in [6, 6.07) is -0.0834. The van der Waals surface area contributed by atoms with E-state index in [2.05, 4.69) is 4.90 Å². The molecular formula is C8H14N2O2.